The van der Waals surface area contributed by atoms with Crippen LogP contribution in [0.2, 0.25) is 0 Å². The lowest BCUT2D eigenvalue weighted by atomic mass is 9.99. The number of hydrogen-bond acceptors (Lipinski definition) is 1. The molecule has 1 fully saturated rings. The van der Waals surface area contributed by atoms with E-state index in [4.69, 9.17) is 0 Å². The first-order valence-electron chi connectivity index (χ1n) is 4.89. The summed E-state index contributed by atoms with van der Waals surface area (Å²) < 4.78 is -0.399. The first-order chi connectivity index (χ1) is 5.91. The van der Waals surface area contributed by atoms with Crippen LogP contribution in [0.5, 0.6) is 0 Å². The van der Waals surface area contributed by atoms with Gasteiger partial charge in [-0.3, -0.25) is 4.79 Å². The van der Waals surface area contributed by atoms with E-state index >= 15 is 0 Å². The molecule has 1 aliphatic rings. The van der Waals surface area contributed by atoms with Crippen molar-refractivity contribution >= 4 is 21.8 Å². The van der Waals surface area contributed by atoms with Gasteiger partial charge in [0.05, 0.1) is 4.32 Å². The minimum Gasteiger partial charge on any atom is -0.341 e. The van der Waals surface area contributed by atoms with Crippen LogP contribution < -0.4 is 0 Å². The van der Waals surface area contributed by atoms with E-state index in [2.05, 4.69) is 22.9 Å². The van der Waals surface area contributed by atoms with Crippen molar-refractivity contribution in [2.45, 2.75) is 37.9 Å². The minimum atomic E-state index is -0.399. The fraction of sp³-hybridized carbons (Fsp3) is 0.900. The molecule has 76 valence electrons. The molecule has 0 bridgehead atoms. The number of likely N-dealkylation sites (tertiary alicyclic amines) is 1. The first-order valence-corrected chi connectivity index (χ1v) is 5.69. The van der Waals surface area contributed by atoms with Crippen LogP contribution in [0.15, 0.2) is 0 Å². The molecule has 3 heteroatoms. The molecule has 1 saturated heterocycles. The van der Waals surface area contributed by atoms with Crippen LogP contribution in [-0.2, 0) is 4.79 Å². The number of alkyl halides is 1. The Balaban J connectivity index is 2.56. The lowest BCUT2D eigenvalue weighted by molar-refractivity contribution is -0.134. The molecule has 1 atom stereocenters. The summed E-state index contributed by atoms with van der Waals surface area (Å²) in [5.41, 5.74) is 0. The van der Waals surface area contributed by atoms with Crippen molar-refractivity contribution in [2.75, 3.05) is 13.1 Å². The molecule has 0 aromatic heterocycles. The fourth-order valence-corrected chi connectivity index (χ4v) is 2.00. The molecule has 0 aromatic carbocycles. The maximum Gasteiger partial charge on any atom is 0.238 e. The lowest BCUT2D eigenvalue weighted by Crippen LogP contribution is -2.46. The average molecular weight is 248 g/mol. The Hall–Kier alpha value is -0.0500. The van der Waals surface area contributed by atoms with Gasteiger partial charge in [-0.2, -0.15) is 0 Å². The molecule has 0 aromatic rings. The van der Waals surface area contributed by atoms with Crippen LogP contribution in [0.1, 0.15) is 33.6 Å². The van der Waals surface area contributed by atoms with Crippen molar-refractivity contribution in [3.8, 4) is 0 Å². The summed E-state index contributed by atoms with van der Waals surface area (Å²) in [6.07, 6.45) is 2.41. The number of amides is 1. The molecule has 1 rings (SSSR count). The Morgan fingerprint density at radius 2 is 2.15 bits per heavy atom. The molecular formula is C10H18BrNO. The molecule has 1 aliphatic heterocycles. The highest BCUT2D eigenvalue weighted by atomic mass is 79.9. The number of piperidine rings is 1. The Bertz CT molecular complexity index is 198. The van der Waals surface area contributed by atoms with Crippen molar-refractivity contribution < 1.29 is 4.79 Å². The normalized spacial score (nSPS) is 24.6. The maximum absolute atomic E-state index is 11.8. The molecule has 13 heavy (non-hydrogen) atoms. The van der Waals surface area contributed by atoms with Crippen LogP contribution in [0, 0.1) is 5.92 Å². The van der Waals surface area contributed by atoms with Gasteiger partial charge in [0.2, 0.25) is 5.91 Å². The zero-order valence-electron chi connectivity index (χ0n) is 8.64. The van der Waals surface area contributed by atoms with Gasteiger partial charge in [0.1, 0.15) is 0 Å². The first kappa shape index (κ1) is 11.0. The second-order valence-electron chi connectivity index (χ2n) is 4.47. The minimum absolute atomic E-state index is 0.221. The Labute approximate surface area is 88.8 Å². The van der Waals surface area contributed by atoms with E-state index < -0.39 is 4.32 Å². The molecule has 0 spiro atoms. The van der Waals surface area contributed by atoms with Gasteiger partial charge in [0, 0.05) is 13.1 Å². The maximum atomic E-state index is 11.8. The van der Waals surface area contributed by atoms with Gasteiger partial charge >= 0.3 is 0 Å². The van der Waals surface area contributed by atoms with E-state index in [1.165, 1.54) is 6.42 Å². The summed E-state index contributed by atoms with van der Waals surface area (Å²) >= 11 is 3.41. The average Bonchev–Trinajstić information content (AvgIpc) is 2.01. The van der Waals surface area contributed by atoms with E-state index in [0.717, 1.165) is 19.5 Å². The Kier molecular flexibility index (Phi) is 3.38. The molecule has 1 amide bonds. The van der Waals surface area contributed by atoms with Crippen LogP contribution >= 0.6 is 15.9 Å². The van der Waals surface area contributed by atoms with Gasteiger partial charge in [-0.25, -0.2) is 0 Å². The van der Waals surface area contributed by atoms with Crippen molar-refractivity contribution in [1.82, 2.24) is 4.90 Å². The number of carbonyl (C=O) groups excluding carboxylic acids is 1. The molecular weight excluding hydrogens is 230 g/mol. The summed E-state index contributed by atoms with van der Waals surface area (Å²) in [4.78, 5) is 13.8. The molecule has 0 radical (unpaired) electrons. The summed E-state index contributed by atoms with van der Waals surface area (Å²) in [6, 6.07) is 0. The number of halogens is 1. The van der Waals surface area contributed by atoms with Crippen molar-refractivity contribution in [3.05, 3.63) is 0 Å². The van der Waals surface area contributed by atoms with Crippen molar-refractivity contribution in [1.29, 1.82) is 0 Å². The van der Waals surface area contributed by atoms with Crippen LogP contribution in [0.4, 0.5) is 0 Å². The van der Waals surface area contributed by atoms with Gasteiger partial charge in [-0.15, -0.1) is 0 Å². The largest absolute Gasteiger partial charge is 0.341 e. The smallest absolute Gasteiger partial charge is 0.238 e. The fourth-order valence-electron chi connectivity index (χ4n) is 1.75. The lowest BCUT2D eigenvalue weighted by Gasteiger charge is -2.34. The molecule has 0 saturated carbocycles. The predicted molar refractivity (Wildman–Crippen MR) is 58.0 cm³/mol. The second-order valence-corrected chi connectivity index (χ2v) is 6.45. The zero-order valence-corrected chi connectivity index (χ0v) is 10.2. The summed E-state index contributed by atoms with van der Waals surface area (Å²) in [6.45, 7) is 7.88. The van der Waals surface area contributed by atoms with E-state index in [1.807, 2.05) is 18.7 Å². The third kappa shape index (κ3) is 2.97. The Morgan fingerprint density at radius 1 is 1.54 bits per heavy atom. The van der Waals surface area contributed by atoms with Gasteiger partial charge in [0.25, 0.3) is 0 Å². The van der Waals surface area contributed by atoms with Crippen LogP contribution in [0.3, 0.4) is 0 Å². The van der Waals surface area contributed by atoms with E-state index in [-0.39, 0.29) is 5.91 Å². The van der Waals surface area contributed by atoms with Gasteiger partial charge < -0.3 is 4.90 Å². The third-order valence-corrected chi connectivity index (χ3v) is 2.79. The molecule has 0 aliphatic carbocycles. The highest BCUT2D eigenvalue weighted by molar-refractivity contribution is 9.10. The molecule has 0 unspecified atom stereocenters. The second kappa shape index (κ2) is 3.99. The summed E-state index contributed by atoms with van der Waals surface area (Å²) in [5.74, 6) is 0.881. The molecule has 0 N–H and O–H groups in total. The summed E-state index contributed by atoms with van der Waals surface area (Å²) in [5, 5.41) is 0. The van der Waals surface area contributed by atoms with Crippen molar-refractivity contribution in [2.24, 2.45) is 5.92 Å². The quantitative estimate of drug-likeness (QED) is 0.652. The van der Waals surface area contributed by atoms with Gasteiger partial charge in [-0.05, 0) is 32.6 Å². The zero-order chi connectivity index (χ0) is 10.1. The van der Waals surface area contributed by atoms with Crippen LogP contribution in [0.25, 0.3) is 0 Å². The Morgan fingerprint density at radius 3 is 2.62 bits per heavy atom. The topological polar surface area (TPSA) is 20.3 Å². The standard InChI is InChI=1S/C10H18BrNO/c1-8-5-4-6-12(7-8)9(13)10(2,3)11/h8H,4-7H2,1-3H3/t8-/m0/s1. The van der Waals surface area contributed by atoms with Gasteiger partial charge in [-0.1, -0.05) is 22.9 Å². The highest BCUT2D eigenvalue weighted by Crippen LogP contribution is 2.23. The van der Waals surface area contributed by atoms with E-state index in [1.54, 1.807) is 0 Å². The van der Waals surface area contributed by atoms with Crippen LogP contribution in [-0.4, -0.2) is 28.2 Å². The number of rotatable bonds is 1. The van der Waals surface area contributed by atoms with E-state index in [0.29, 0.717) is 5.92 Å². The van der Waals surface area contributed by atoms with Gasteiger partial charge in [0.15, 0.2) is 0 Å². The SMILES string of the molecule is C[C@H]1CCCN(C(=O)C(C)(C)Br)C1. The predicted octanol–water partition coefficient (Wildman–Crippen LogP) is 2.42. The number of carbonyl (C=O) groups is 1. The highest BCUT2D eigenvalue weighted by Gasteiger charge is 2.31. The molecule has 2 nitrogen and oxygen atoms in total. The molecule has 1 heterocycles. The van der Waals surface area contributed by atoms with E-state index in [9.17, 15) is 4.79 Å². The number of hydrogen-bond donors (Lipinski definition) is 0. The summed E-state index contributed by atoms with van der Waals surface area (Å²) in [7, 11) is 0. The third-order valence-electron chi connectivity index (χ3n) is 2.45. The van der Waals surface area contributed by atoms with Crippen molar-refractivity contribution in [3.63, 3.8) is 0 Å². The monoisotopic (exact) mass is 247 g/mol. The number of nitrogens with zero attached hydrogens (tertiary/aromatic N) is 1.